The summed E-state index contributed by atoms with van der Waals surface area (Å²) in [5.41, 5.74) is 4.62. The van der Waals surface area contributed by atoms with E-state index in [0.717, 1.165) is 37.0 Å². The number of carbonyl (C=O) groups is 1. The Morgan fingerprint density at radius 1 is 1.14 bits per heavy atom. The second kappa shape index (κ2) is 11.7. The molecule has 3 nitrogen and oxygen atoms in total. The number of ether oxygens (including phenoxy) is 1. The van der Waals surface area contributed by atoms with Gasteiger partial charge in [-0.2, -0.15) is 0 Å². The van der Waals surface area contributed by atoms with Crippen molar-refractivity contribution in [3.05, 3.63) is 52.6 Å². The quantitative estimate of drug-likeness (QED) is 0.359. The van der Waals surface area contributed by atoms with Crippen molar-refractivity contribution in [1.29, 1.82) is 0 Å². The highest BCUT2D eigenvalue weighted by Gasteiger charge is 2.26. The van der Waals surface area contributed by atoms with Gasteiger partial charge in [0.05, 0.1) is 6.61 Å². The summed E-state index contributed by atoms with van der Waals surface area (Å²) < 4.78 is 5.91. The van der Waals surface area contributed by atoms with Crippen LogP contribution >= 0.6 is 0 Å². The van der Waals surface area contributed by atoms with Crippen LogP contribution in [0.2, 0.25) is 0 Å². The first-order valence-corrected chi connectivity index (χ1v) is 10.4. The maximum Gasteiger partial charge on any atom is 0.225 e. The molecule has 0 aliphatic carbocycles. The van der Waals surface area contributed by atoms with E-state index in [-0.39, 0.29) is 5.91 Å². The highest BCUT2D eigenvalue weighted by Crippen LogP contribution is 2.24. The molecule has 0 saturated carbocycles. The number of hydrogen-bond donors (Lipinski definition) is 1. The number of rotatable bonds is 11. The molecule has 0 heterocycles. The van der Waals surface area contributed by atoms with E-state index in [2.05, 4.69) is 70.3 Å². The van der Waals surface area contributed by atoms with E-state index in [4.69, 9.17) is 4.74 Å². The molecule has 1 aromatic rings. The molecular formula is C25H39NO2. The van der Waals surface area contributed by atoms with Gasteiger partial charge in [0, 0.05) is 12.0 Å². The number of carbonyl (C=O) groups excluding carboxylic acids is 1. The van der Waals surface area contributed by atoms with Gasteiger partial charge in [0.15, 0.2) is 0 Å². The van der Waals surface area contributed by atoms with Gasteiger partial charge in [-0.3, -0.25) is 4.79 Å². The van der Waals surface area contributed by atoms with Crippen molar-refractivity contribution in [3.8, 4) is 5.75 Å². The van der Waals surface area contributed by atoms with E-state index in [0.29, 0.717) is 13.2 Å². The molecule has 0 radical (unpaired) electrons. The van der Waals surface area contributed by atoms with Crippen LogP contribution < -0.4 is 10.1 Å². The minimum absolute atomic E-state index is 0.104. The van der Waals surface area contributed by atoms with E-state index in [1.807, 2.05) is 13.8 Å². The molecular weight excluding hydrogens is 346 g/mol. The fourth-order valence-electron chi connectivity index (χ4n) is 2.92. The third-order valence-electron chi connectivity index (χ3n) is 4.97. The molecule has 0 fully saturated rings. The van der Waals surface area contributed by atoms with Crippen molar-refractivity contribution in [2.45, 2.75) is 74.1 Å². The predicted molar refractivity (Wildman–Crippen MR) is 120 cm³/mol. The molecule has 0 saturated heterocycles. The molecule has 156 valence electrons. The van der Waals surface area contributed by atoms with E-state index in [9.17, 15) is 4.79 Å². The Morgan fingerprint density at radius 2 is 1.86 bits per heavy atom. The Labute approximate surface area is 172 Å². The molecule has 0 spiro atoms. The van der Waals surface area contributed by atoms with E-state index in [1.54, 1.807) is 0 Å². The minimum atomic E-state index is -0.394. The molecule has 0 aliphatic heterocycles. The second-order valence-corrected chi connectivity index (χ2v) is 8.69. The lowest BCUT2D eigenvalue weighted by Gasteiger charge is -2.23. The maximum absolute atomic E-state index is 12.5. The summed E-state index contributed by atoms with van der Waals surface area (Å²) in [4.78, 5) is 12.5. The van der Waals surface area contributed by atoms with Gasteiger partial charge in [0.25, 0.3) is 0 Å². The van der Waals surface area contributed by atoms with Gasteiger partial charge in [-0.1, -0.05) is 49.3 Å². The van der Waals surface area contributed by atoms with Crippen LogP contribution in [0.15, 0.2) is 41.5 Å². The molecule has 3 heteroatoms. The maximum atomic E-state index is 12.5. The average Bonchev–Trinajstić information content (AvgIpc) is 2.61. The van der Waals surface area contributed by atoms with Crippen LogP contribution in [0, 0.1) is 19.3 Å². The molecule has 0 bridgehead atoms. The number of hydrogen-bond acceptors (Lipinski definition) is 2. The summed E-state index contributed by atoms with van der Waals surface area (Å²) in [5.74, 6) is 1.04. The number of aryl methyl sites for hydroxylation is 2. The topological polar surface area (TPSA) is 38.3 Å². The summed E-state index contributed by atoms with van der Waals surface area (Å²) in [5, 5.41) is 3.06. The van der Waals surface area contributed by atoms with Crippen LogP contribution in [0.4, 0.5) is 0 Å². The molecule has 28 heavy (non-hydrogen) atoms. The summed E-state index contributed by atoms with van der Waals surface area (Å²) in [7, 11) is 0. The Bertz CT molecular complexity index is 694. The van der Waals surface area contributed by atoms with Crippen LogP contribution in [0.25, 0.3) is 0 Å². The third-order valence-corrected chi connectivity index (χ3v) is 4.97. The number of benzene rings is 1. The normalized spacial score (nSPS) is 11.9. The number of allylic oxidation sites excluding steroid dienone is 3. The molecule has 0 unspecified atom stereocenters. The van der Waals surface area contributed by atoms with E-state index in [1.165, 1.54) is 16.7 Å². The minimum Gasteiger partial charge on any atom is -0.493 e. The largest absolute Gasteiger partial charge is 0.493 e. The van der Waals surface area contributed by atoms with Crippen LogP contribution in [-0.2, 0) is 4.79 Å². The third kappa shape index (κ3) is 9.25. The lowest BCUT2D eigenvalue weighted by Crippen LogP contribution is -2.37. The van der Waals surface area contributed by atoms with Gasteiger partial charge in [-0.25, -0.2) is 0 Å². The standard InChI is InChI=1S/C25H39NO2/c1-19(2)10-8-11-20(3)14-16-26-24(27)25(6,7)15-9-17-28-23-18-21(4)12-13-22(23)5/h10,12-14,18H,8-9,11,15-17H2,1-7H3,(H,26,27)/b20-14+. The molecule has 1 rings (SSSR count). The van der Waals surface area contributed by atoms with Crippen molar-refractivity contribution in [2.24, 2.45) is 5.41 Å². The first-order chi connectivity index (χ1) is 13.1. The number of amides is 1. The van der Waals surface area contributed by atoms with Gasteiger partial charge in [0.2, 0.25) is 5.91 Å². The van der Waals surface area contributed by atoms with Crippen LogP contribution in [0.5, 0.6) is 5.75 Å². The van der Waals surface area contributed by atoms with Crippen molar-refractivity contribution in [3.63, 3.8) is 0 Å². The Morgan fingerprint density at radius 3 is 2.54 bits per heavy atom. The first-order valence-electron chi connectivity index (χ1n) is 10.4. The zero-order valence-electron chi connectivity index (χ0n) is 18.9. The highest BCUT2D eigenvalue weighted by atomic mass is 16.5. The number of nitrogens with one attached hydrogen (secondary N) is 1. The monoisotopic (exact) mass is 385 g/mol. The molecule has 0 aromatic heterocycles. The summed E-state index contributed by atoms with van der Waals surface area (Å²) >= 11 is 0. The molecule has 1 amide bonds. The second-order valence-electron chi connectivity index (χ2n) is 8.69. The van der Waals surface area contributed by atoms with Gasteiger partial charge >= 0.3 is 0 Å². The lowest BCUT2D eigenvalue weighted by molar-refractivity contribution is -0.129. The smallest absolute Gasteiger partial charge is 0.225 e. The summed E-state index contributed by atoms with van der Waals surface area (Å²) in [6.45, 7) is 15.7. The fourth-order valence-corrected chi connectivity index (χ4v) is 2.92. The zero-order valence-corrected chi connectivity index (χ0v) is 18.9. The van der Waals surface area contributed by atoms with Crippen molar-refractivity contribution >= 4 is 5.91 Å². The van der Waals surface area contributed by atoms with E-state index >= 15 is 0 Å². The van der Waals surface area contributed by atoms with Crippen molar-refractivity contribution in [2.75, 3.05) is 13.2 Å². The molecule has 1 aromatic carbocycles. The van der Waals surface area contributed by atoms with Crippen LogP contribution in [0.1, 0.15) is 71.4 Å². The first kappa shape index (κ1) is 24.0. The summed E-state index contributed by atoms with van der Waals surface area (Å²) in [6, 6.07) is 6.24. The molecule has 0 atom stereocenters. The Kier molecular flexibility index (Phi) is 10.1. The van der Waals surface area contributed by atoms with Crippen LogP contribution in [-0.4, -0.2) is 19.1 Å². The summed E-state index contributed by atoms with van der Waals surface area (Å²) in [6.07, 6.45) is 8.12. The van der Waals surface area contributed by atoms with Gasteiger partial charge in [0.1, 0.15) is 5.75 Å². The van der Waals surface area contributed by atoms with Crippen molar-refractivity contribution < 1.29 is 9.53 Å². The Hall–Kier alpha value is -2.03. The Balaban J connectivity index is 2.35. The fraction of sp³-hybridized carbons (Fsp3) is 0.560. The lowest BCUT2D eigenvalue weighted by atomic mass is 9.87. The highest BCUT2D eigenvalue weighted by molar-refractivity contribution is 5.81. The predicted octanol–water partition coefficient (Wildman–Crippen LogP) is 6.30. The van der Waals surface area contributed by atoms with Gasteiger partial charge < -0.3 is 10.1 Å². The van der Waals surface area contributed by atoms with E-state index < -0.39 is 5.41 Å². The van der Waals surface area contributed by atoms with Gasteiger partial charge in [-0.15, -0.1) is 0 Å². The molecule has 1 N–H and O–H groups in total. The molecule has 0 aliphatic rings. The van der Waals surface area contributed by atoms with Gasteiger partial charge in [-0.05, 0) is 77.5 Å². The zero-order chi connectivity index (χ0) is 21.2. The van der Waals surface area contributed by atoms with Crippen LogP contribution in [0.3, 0.4) is 0 Å². The average molecular weight is 386 g/mol. The SMILES string of the molecule is CC(C)=CCC/C(C)=C/CNC(=O)C(C)(C)CCCOc1cc(C)ccc1C. The van der Waals surface area contributed by atoms with Crippen molar-refractivity contribution in [1.82, 2.24) is 5.32 Å².